The van der Waals surface area contributed by atoms with Gasteiger partial charge in [0.15, 0.2) is 0 Å². The molecule has 126 valence electrons. The van der Waals surface area contributed by atoms with Crippen LogP contribution in [0.2, 0.25) is 0 Å². The third-order valence-electron chi connectivity index (χ3n) is 4.46. The van der Waals surface area contributed by atoms with Crippen molar-refractivity contribution in [1.82, 2.24) is 5.32 Å². The molecule has 0 bridgehead atoms. The number of fused-ring (bicyclic) bond motifs is 1. The second-order valence-corrected chi connectivity index (χ2v) is 6.09. The van der Waals surface area contributed by atoms with Gasteiger partial charge in [-0.3, -0.25) is 4.79 Å². The lowest BCUT2D eigenvalue weighted by atomic mass is 10.0. The summed E-state index contributed by atoms with van der Waals surface area (Å²) in [5.74, 6) is 0.919. The van der Waals surface area contributed by atoms with Gasteiger partial charge in [0.1, 0.15) is 5.75 Å². The number of benzene rings is 2. The maximum atomic E-state index is 12.1. The van der Waals surface area contributed by atoms with Crippen LogP contribution in [0, 0.1) is 0 Å². The molecule has 0 unspecified atom stereocenters. The largest absolute Gasteiger partial charge is 0.497 e. The quantitative estimate of drug-likeness (QED) is 0.887. The second-order valence-electron chi connectivity index (χ2n) is 6.09. The van der Waals surface area contributed by atoms with Crippen LogP contribution in [0.25, 0.3) is 0 Å². The first kappa shape index (κ1) is 16.4. The summed E-state index contributed by atoms with van der Waals surface area (Å²) in [7, 11) is 1.65. The minimum Gasteiger partial charge on any atom is -0.497 e. The van der Waals surface area contributed by atoms with Crippen molar-refractivity contribution in [2.75, 3.05) is 25.1 Å². The van der Waals surface area contributed by atoms with Crippen molar-refractivity contribution in [1.29, 1.82) is 0 Å². The van der Waals surface area contributed by atoms with Crippen molar-refractivity contribution < 1.29 is 9.53 Å². The number of carbonyl (C=O) groups excluding carboxylic acids is 1. The molecule has 2 aromatic rings. The second kappa shape index (κ2) is 7.86. The number of anilines is 1. The highest BCUT2D eigenvalue weighted by Gasteiger charge is 2.16. The Balaban J connectivity index is 1.47. The zero-order valence-electron chi connectivity index (χ0n) is 14.1. The first-order chi connectivity index (χ1) is 11.8. The normalized spacial score (nSPS) is 13.3. The zero-order valence-corrected chi connectivity index (χ0v) is 14.1. The highest BCUT2D eigenvalue weighted by Crippen LogP contribution is 2.26. The first-order valence-electron chi connectivity index (χ1n) is 8.49. The highest BCUT2D eigenvalue weighted by atomic mass is 16.5. The van der Waals surface area contributed by atoms with E-state index in [4.69, 9.17) is 4.74 Å². The van der Waals surface area contributed by atoms with E-state index < -0.39 is 0 Å². The lowest BCUT2D eigenvalue weighted by Gasteiger charge is -2.31. The Bertz CT molecular complexity index is 682. The fourth-order valence-corrected chi connectivity index (χ4v) is 3.11. The molecule has 4 heteroatoms. The van der Waals surface area contributed by atoms with Crippen molar-refractivity contribution in [2.24, 2.45) is 0 Å². The van der Waals surface area contributed by atoms with E-state index in [0.717, 1.165) is 37.2 Å². The molecule has 4 nitrogen and oxygen atoms in total. The first-order valence-corrected chi connectivity index (χ1v) is 8.49. The molecule has 0 fully saturated rings. The van der Waals surface area contributed by atoms with Crippen LogP contribution in [0.5, 0.6) is 5.75 Å². The Morgan fingerprint density at radius 1 is 1.17 bits per heavy atom. The number of nitrogens with one attached hydrogen (secondary N) is 1. The van der Waals surface area contributed by atoms with Gasteiger partial charge < -0.3 is 15.0 Å². The van der Waals surface area contributed by atoms with E-state index in [1.165, 1.54) is 11.3 Å². The van der Waals surface area contributed by atoms with Gasteiger partial charge >= 0.3 is 0 Å². The third kappa shape index (κ3) is 4.07. The predicted octanol–water partition coefficient (Wildman–Crippen LogP) is 3.15. The number of hydrogen-bond donors (Lipinski definition) is 1. The standard InChI is InChI=1S/C20H24N2O2/c1-24-18-10-8-16(9-11-18)15-21-20(23)12-14-22-13-4-6-17-5-2-3-7-19(17)22/h2-3,5,7-11H,4,6,12-15H2,1H3,(H,21,23). The van der Waals surface area contributed by atoms with Gasteiger partial charge in [-0.15, -0.1) is 0 Å². The van der Waals surface area contributed by atoms with E-state index in [2.05, 4.69) is 34.5 Å². The number of ether oxygens (including phenoxy) is 1. The number of rotatable bonds is 6. The van der Waals surface area contributed by atoms with Crippen LogP contribution in [-0.4, -0.2) is 26.1 Å². The zero-order chi connectivity index (χ0) is 16.8. The van der Waals surface area contributed by atoms with Gasteiger partial charge in [0.05, 0.1) is 7.11 Å². The van der Waals surface area contributed by atoms with Crippen LogP contribution in [0.3, 0.4) is 0 Å². The molecular weight excluding hydrogens is 300 g/mol. The summed E-state index contributed by atoms with van der Waals surface area (Å²) in [6.45, 7) is 2.35. The molecule has 0 saturated heterocycles. The molecule has 3 rings (SSSR count). The Labute approximate surface area is 143 Å². The lowest BCUT2D eigenvalue weighted by molar-refractivity contribution is -0.121. The molecule has 1 amide bonds. The summed E-state index contributed by atoms with van der Waals surface area (Å²) in [5, 5.41) is 2.99. The Kier molecular flexibility index (Phi) is 5.36. The summed E-state index contributed by atoms with van der Waals surface area (Å²) in [6.07, 6.45) is 2.81. The molecule has 0 aromatic heterocycles. The molecule has 24 heavy (non-hydrogen) atoms. The molecule has 1 aliphatic rings. The number of hydrogen-bond acceptors (Lipinski definition) is 3. The summed E-state index contributed by atoms with van der Waals surface area (Å²) in [6, 6.07) is 16.3. The Morgan fingerprint density at radius 2 is 1.96 bits per heavy atom. The van der Waals surface area contributed by atoms with E-state index in [1.54, 1.807) is 7.11 Å². The molecule has 2 aromatic carbocycles. The molecule has 0 saturated carbocycles. The van der Waals surface area contributed by atoms with Crippen LogP contribution >= 0.6 is 0 Å². The molecule has 1 aliphatic heterocycles. The number of methoxy groups -OCH3 is 1. The SMILES string of the molecule is COc1ccc(CNC(=O)CCN2CCCc3ccccc32)cc1. The predicted molar refractivity (Wildman–Crippen MR) is 96.4 cm³/mol. The van der Waals surface area contributed by atoms with Crippen LogP contribution < -0.4 is 15.0 Å². The number of amides is 1. The van der Waals surface area contributed by atoms with E-state index in [9.17, 15) is 4.79 Å². The number of para-hydroxylation sites is 1. The smallest absolute Gasteiger partial charge is 0.222 e. The van der Waals surface area contributed by atoms with Gasteiger partial charge in [-0.25, -0.2) is 0 Å². The van der Waals surface area contributed by atoms with Crippen LogP contribution in [0.15, 0.2) is 48.5 Å². The lowest BCUT2D eigenvalue weighted by Crippen LogP contribution is -2.34. The Morgan fingerprint density at radius 3 is 2.75 bits per heavy atom. The fraction of sp³-hybridized carbons (Fsp3) is 0.350. The molecular formula is C20H24N2O2. The van der Waals surface area contributed by atoms with E-state index in [1.807, 2.05) is 24.3 Å². The minimum atomic E-state index is 0.0915. The van der Waals surface area contributed by atoms with Crippen molar-refractivity contribution in [3.8, 4) is 5.75 Å². The van der Waals surface area contributed by atoms with E-state index >= 15 is 0 Å². The van der Waals surface area contributed by atoms with Crippen molar-refractivity contribution in [3.05, 3.63) is 59.7 Å². The number of aryl methyl sites for hydroxylation is 1. The van der Waals surface area contributed by atoms with Crippen molar-refractivity contribution >= 4 is 11.6 Å². The van der Waals surface area contributed by atoms with Crippen molar-refractivity contribution in [3.63, 3.8) is 0 Å². The van der Waals surface area contributed by atoms with Gasteiger partial charge in [0.2, 0.25) is 5.91 Å². The highest BCUT2D eigenvalue weighted by molar-refractivity contribution is 5.76. The van der Waals surface area contributed by atoms with Gasteiger partial charge in [0, 0.05) is 31.7 Å². The number of carbonyl (C=O) groups is 1. The topological polar surface area (TPSA) is 41.6 Å². The molecule has 1 N–H and O–H groups in total. The maximum absolute atomic E-state index is 12.1. The van der Waals surface area contributed by atoms with Crippen LogP contribution in [0.1, 0.15) is 24.0 Å². The third-order valence-corrected chi connectivity index (χ3v) is 4.46. The summed E-state index contributed by atoms with van der Waals surface area (Å²) in [4.78, 5) is 14.5. The summed E-state index contributed by atoms with van der Waals surface area (Å²) >= 11 is 0. The van der Waals surface area contributed by atoms with Gasteiger partial charge in [-0.05, 0) is 42.2 Å². The maximum Gasteiger partial charge on any atom is 0.222 e. The molecule has 1 heterocycles. The average molecular weight is 324 g/mol. The van der Waals surface area contributed by atoms with E-state index in [0.29, 0.717) is 13.0 Å². The van der Waals surface area contributed by atoms with Gasteiger partial charge in [0.25, 0.3) is 0 Å². The molecule has 0 aliphatic carbocycles. The molecule has 0 radical (unpaired) electrons. The fourth-order valence-electron chi connectivity index (χ4n) is 3.11. The monoisotopic (exact) mass is 324 g/mol. The summed E-state index contributed by atoms with van der Waals surface area (Å²) in [5.41, 5.74) is 3.75. The van der Waals surface area contributed by atoms with Crippen molar-refractivity contribution in [2.45, 2.75) is 25.8 Å². The van der Waals surface area contributed by atoms with E-state index in [-0.39, 0.29) is 5.91 Å². The molecule has 0 spiro atoms. The number of nitrogens with zero attached hydrogens (tertiary/aromatic N) is 1. The minimum absolute atomic E-state index is 0.0915. The van der Waals surface area contributed by atoms with Gasteiger partial charge in [-0.2, -0.15) is 0 Å². The average Bonchev–Trinajstić information content (AvgIpc) is 2.65. The van der Waals surface area contributed by atoms with Gasteiger partial charge in [-0.1, -0.05) is 30.3 Å². The molecule has 0 atom stereocenters. The Hall–Kier alpha value is -2.49. The van der Waals surface area contributed by atoms with Crippen LogP contribution in [0.4, 0.5) is 5.69 Å². The summed E-state index contributed by atoms with van der Waals surface area (Å²) < 4.78 is 5.14. The van der Waals surface area contributed by atoms with Crippen LogP contribution in [-0.2, 0) is 17.8 Å².